The molecule has 0 aromatic heterocycles. The summed E-state index contributed by atoms with van der Waals surface area (Å²) in [7, 11) is 0. The summed E-state index contributed by atoms with van der Waals surface area (Å²) in [5.74, 6) is -0.216. The van der Waals surface area contributed by atoms with Crippen LogP contribution >= 0.6 is 0 Å². The third-order valence-corrected chi connectivity index (χ3v) is 3.84. The van der Waals surface area contributed by atoms with Crippen molar-refractivity contribution in [3.05, 3.63) is 35.9 Å². The van der Waals surface area contributed by atoms with E-state index in [-0.39, 0.29) is 5.91 Å². The molecule has 2 atom stereocenters. The molecule has 1 fully saturated rings. The molecule has 0 spiro atoms. The lowest BCUT2D eigenvalue weighted by molar-refractivity contribution is -0.134. The van der Waals surface area contributed by atoms with Crippen molar-refractivity contribution in [2.24, 2.45) is 0 Å². The SMILES string of the molecule is CC(C)(C)OC(=O)N[C@H]1CCCCO[C@H]1C(=O)NCc1ccccc1. The maximum atomic E-state index is 12.6. The van der Waals surface area contributed by atoms with Crippen molar-refractivity contribution in [2.45, 2.75) is 64.3 Å². The first-order valence-corrected chi connectivity index (χ1v) is 8.78. The topological polar surface area (TPSA) is 76.7 Å². The Labute approximate surface area is 149 Å². The number of benzene rings is 1. The van der Waals surface area contributed by atoms with Crippen molar-refractivity contribution in [1.29, 1.82) is 0 Å². The molecule has 1 aromatic carbocycles. The second kappa shape index (κ2) is 8.85. The minimum Gasteiger partial charge on any atom is -0.444 e. The minimum absolute atomic E-state index is 0.216. The average molecular weight is 348 g/mol. The maximum Gasteiger partial charge on any atom is 0.407 e. The minimum atomic E-state index is -0.710. The van der Waals surface area contributed by atoms with Crippen LogP contribution in [0.25, 0.3) is 0 Å². The molecule has 1 aliphatic rings. The monoisotopic (exact) mass is 348 g/mol. The second-order valence-electron chi connectivity index (χ2n) is 7.24. The summed E-state index contributed by atoms with van der Waals surface area (Å²) in [4.78, 5) is 24.6. The van der Waals surface area contributed by atoms with Gasteiger partial charge in [-0.25, -0.2) is 4.79 Å². The van der Waals surface area contributed by atoms with Gasteiger partial charge in [-0.2, -0.15) is 0 Å². The van der Waals surface area contributed by atoms with E-state index in [0.717, 1.165) is 18.4 Å². The third-order valence-electron chi connectivity index (χ3n) is 3.84. The molecule has 2 rings (SSSR count). The number of nitrogens with one attached hydrogen (secondary N) is 2. The quantitative estimate of drug-likeness (QED) is 0.877. The Bertz CT molecular complexity index is 569. The Kier molecular flexibility index (Phi) is 6.82. The van der Waals surface area contributed by atoms with Gasteiger partial charge in [0.25, 0.3) is 5.91 Å². The molecular formula is C19H28N2O4. The second-order valence-corrected chi connectivity index (χ2v) is 7.24. The summed E-state index contributed by atoms with van der Waals surface area (Å²) in [6, 6.07) is 9.29. The summed E-state index contributed by atoms with van der Waals surface area (Å²) < 4.78 is 11.0. The van der Waals surface area contributed by atoms with Gasteiger partial charge >= 0.3 is 6.09 Å². The molecule has 1 aromatic rings. The van der Waals surface area contributed by atoms with Crippen molar-refractivity contribution in [1.82, 2.24) is 10.6 Å². The van der Waals surface area contributed by atoms with E-state index in [1.165, 1.54) is 0 Å². The van der Waals surface area contributed by atoms with Crippen LogP contribution in [0.2, 0.25) is 0 Å². The van der Waals surface area contributed by atoms with Crippen LogP contribution in [-0.2, 0) is 20.8 Å². The standard InChI is InChI=1S/C19H28N2O4/c1-19(2,3)25-18(23)21-15-11-7-8-12-24-16(15)17(22)20-13-14-9-5-4-6-10-14/h4-6,9-10,15-16H,7-8,11-13H2,1-3H3,(H,20,22)(H,21,23)/t15-,16+/m0/s1. The van der Waals surface area contributed by atoms with Crippen molar-refractivity contribution in [3.63, 3.8) is 0 Å². The van der Waals surface area contributed by atoms with Crippen LogP contribution in [0.3, 0.4) is 0 Å². The highest BCUT2D eigenvalue weighted by Crippen LogP contribution is 2.16. The molecular weight excluding hydrogens is 320 g/mol. The molecule has 1 heterocycles. The molecule has 0 saturated carbocycles. The van der Waals surface area contributed by atoms with E-state index < -0.39 is 23.8 Å². The molecule has 1 aliphatic heterocycles. The summed E-state index contributed by atoms with van der Waals surface area (Å²) in [5.41, 5.74) is 0.432. The van der Waals surface area contributed by atoms with E-state index in [4.69, 9.17) is 9.47 Å². The van der Waals surface area contributed by atoms with Gasteiger partial charge in [0, 0.05) is 13.2 Å². The van der Waals surface area contributed by atoms with Crippen LogP contribution in [0.4, 0.5) is 4.79 Å². The fraction of sp³-hybridized carbons (Fsp3) is 0.579. The van der Waals surface area contributed by atoms with Crippen LogP contribution in [0.15, 0.2) is 30.3 Å². The number of hydrogen-bond acceptors (Lipinski definition) is 4. The first kappa shape index (κ1) is 19.2. The Balaban J connectivity index is 1.96. The largest absolute Gasteiger partial charge is 0.444 e. The number of alkyl carbamates (subject to hydrolysis) is 1. The molecule has 1 saturated heterocycles. The van der Waals surface area contributed by atoms with Gasteiger partial charge in [-0.3, -0.25) is 4.79 Å². The zero-order chi connectivity index (χ0) is 18.3. The molecule has 0 bridgehead atoms. The Hall–Kier alpha value is -2.08. The zero-order valence-corrected chi connectivity index (χ0v) is 15.2. The Morgan fingerprint density at radius 3 is 2.60 bits per heavy atom. The van der Waals surface area contributed by atoms with Gasteiger partial charge in [0.15, 0.2) is 6.10 Å². The predicted octanol–water partition coefficient (Wildman–Crippen LogP) is 2.77. The lowest BCUT2D eigenvalue weighted by atomic mass is 10.0. The zero-order valence-electron chi connectivity index (χ0n) is 15.2. The molecule has 2 amide bonds. The summed E-state index contributed by atoms with van der Waals surface area (Å²) in [6.45, 7) is 6.36. The van der Waals surface area contributed by atoms with Gasteiger partial charge < -0.3 is 20.1 Å². The van der Waals surface area contributed by atoms with Gasteiger partial charge in [-0.05, 0) is 45.6 Å². The van der Waals surface area contributed by atoms with Crippen LogP contribution in [-0.4, -0.2) is 36.4 Å². The Morgan fingerprint density at radius 1 is 1.20 bits per heavy atom. The average Bonchev–Trinajstić information content (AvgIpc) is 2.77. The fourth-order valence-electron chi connectivity index (χ4n) is 2.69. The van der Waals surface area contributed by atoms with Crippen molar-refractivity contribution >= 4 is 12.0 Å². The van der Waals surface area contributed by atoms with E-state index in [2.05, 4.69) is 10.6 Å². The van der Waals surface area contributed by atoms with Gasteiger partial charge in [-0.15, -0.1) is 0 Å². The fourth-order valence-corrected chi connectivity index (χ4v) is 2.69. The van der Waals surface area contributed by atoms with E-state index in [1.807, 2.05) is 30.3 Å². The molecule has 6 heteroatoms. The normalized spacial score (nSPS) is 21.1. The number of ether oxygens (including phenoxy) is 2. The van der Waals surface area contributed by atoms with Crippen LogP contribution < -0.4 is 10.6 Å². The summed E-state index contributed by atoms with van der Waals surface area (Å²) in [6.07, 6.45) is 1.21. The summed E-state index contributed by atoms with van der Waals surface area (Å²) >= 11 is 0. The van der Waals surface area contributed by atoms with E-state index in [1.54, 1.807) is 20.8 Å². The van der Waals surface area contributed by atoms with Crippen LogP contribution in [0.5, 0.6) is 0 Å². The molecule has 0 unspecified atom stereocenters. The lowest BCUT2D eigenvalue weighted by Gasteiger charge is -2.27. The van der Waals surface area contributed by atoms with Crippen LogP contribution in [0.1, 0.15) is 45.6 Å². The number of carbonyl (C=O) groups excluding carboxylic acids is 2. The molecule has 0 aliphatic carbocycles. The number of amides is 2. The molecule has 2 N–H and O–H groups in total. The van der Waals surface area contributed by atoms with E-state index in [9.17, 15) is 9.59 Å². The maximum absolute atomic E-state index is 12.6. The molecule has 6 nitrogen and oxygen atoms in total. The van der Waals surface area contributed by atoms with Gasteiger partial charge in [0.1, 0.15) is 5.60 Å². The number of rotatable bonds is 4. The first-order valence-electron chi connectivity index (χ1n) is 8.78. The third kappa shape index (κ3) is 6.74. The highest BCUT2D eigenvalue weighted by molar-refractivity contribution is 5.82. The van der Waals surface area contributed by atoms with Crippen molar-refractivity contribution in [3.8, 4) is 0 Å². The Morgan fingerprint density at radius 2 is 1.92 bits per heavy atom. The van der Waals surface area contributed by atoms with Gasteiger partial charge in [0.2, 0.25) is 0 Å². The van der Waals surface area contributed by atoms with Crippen LogP contribution in [0, 0.1) is 0 Å². The van der Waals surface area contributed by atoms with Crippen molar-refractivity contribution < 1.29 is 19.1 Å². The molecule has 25 heavy (non-hydrogen) atoms. The number of carbonyl (C=O) groups is 2. The lowest BCUT2D eigenvalue weighted by Crippen LogP contribution is -2.52. The van der Waals surface area contributed by atoms with Gasteiger partial charge in [0.05, 0.1) is 6.04 Å². The predicted molar refractivity (Wildman–Crippen MR) is 95.0 cm³/mol. The highest BCUT2D eigenvalue weighted by Gasteiger charge is 2.33. The van der Waals surface area contributed by atoms with E-state index >= 15 is 0 Å². The van der Waals surface area contributed by atoms with Crippen molar-refractivity contribution in [2.75, 3.05) is 6.61 Å². The smallest absolute Gasteiger partial charge is 0.407 e. The first-order chi connectivity index (χ1) is 11.8. The van der Waals surface area contributed by atoms with E-state index in [0.29, 0.717) is 19.6 Å². The molecule has 138 valence electrons. The molecule has 0 radical (unpaired) electrons. The highest BCUT2D eigenvalue weighted by atomic mass is 16.6. The summed E-state index contributed by atoms with van der Waals surface area (Å²) in [5, 5.41) is 5.69. The van der Waals surface area contributed by atoms with Gasteiger partial charge in [-0.1, -0.05) is 30.3 Å². The number of hydrogen-bond donors (Lipinski definition) is 2.